The third kappa shape index (κ3) is 7.47. The fourth-order valence-electron chi connectivity index (χ4n) is 0.516. The minimum absolute atomic E-state index is 1.11. The van der Waals surface area contributed by atoms with E-state index in [9.17, 15) is 0 Å². The second kappa shape index (κ2) is 5.60. The molecule has 0 aromatic rings. The van der Waals surface area contributed by atoms with Crippen LogP contribution in [0.25, 0.3) is 0 Å². The molecule has 0 aliphatic rings. The zero-order valence-electron chi connectivity index (χ0n) is 6.59. The summed E-state index contributed by atoms with van der Waals surface area (Å²) in [4.78, 5) is 0. The van der Waals surface area contributed by atoms with Crippen LogP contribution in [0, 0.1) is 0 Å². The van der Waals surface area contributed by atoms with Crippen LogP contribution in [-0.4, -0.2) is 25.3 Å². The Labute approximate surface area is 57.6 Å². The van der Waals surface area contributed by atoms with Crippen molar-refractivity contribution in [1.82, 2.24) is 5.01 Å². The maximum atomic E-state index is 4.07. The highest BCUT2D eigenvalue weighted by Gasteiger charge is 1.78. The fourth-order valence-corrected chi connectivity index (χ4v) is 0.516. The summed E-state index contributed by atoms with van der Waals surface area (Å²) in [5.41, 5.74) is 0. The number of nitrogens with zero attached hydrogens (tertiary/aromatic N) is 2. The molecule has 2 nitrogen and oxygen atoms in total. The van der Waals surface area contributed by atoms with Gasteiger partial charge in [-0.05, 0) is 12.8 Å². The van der Waals surface area contributed by atoms with Gasteiger partial charge in [-0.2, -0.15) is 5.10 Å². The van der Waals surface area contributed by atoms with E-state index in [1.807, 2.05) is 25.3 Å². The second-order valence-corrected chi connectivity index (χ2v) is 2.29. The molecule has 0 saturated heterocycles. The van der Waals surface area contributed by atoms with Crippen molar-refractivity contribution in [3.63, 3.8) is 0 Å². The van der Waals surface area contributed by atoms with Crippen molar-refractivity contribution >= 4 is 6.21 Å². The monoisotopic (exact) mass is 128 g/mol. The topological polar surface area (TPSA) is 15.6 Å². The van der Waals surface area contributed by atoms with Crippen molar-refractivity contribution in [3.05, 3.63) is 0 Å². The molecule has 0 spiro atoms. The number of rotatable bonds is 4. The summed E-state index contributed by atoms with van der Waals surface area (Å²) < 4.78 is 0. The van der Waals surface area contributed by atoms with Crippen LogP contribution in [0.2, 0.25) is 0 Å². The van der Waals surface area contributed by atoms with Crippen LogP contribution < -0.4 is 0 Å². The van der Waals surface area contributed by atoms with E-state index in [1.165, 1.54) is 12.8 Å². The van der Waals surface area contributed by atoms with Gasteiger partial charge in [0.2, 0.25) is 0 Å². The second-order valence-electron chi connectivity index (χ2n) is 2.29. The lowest BCUT2D eigenvalue weighted by atomic mass is 10.3. The lowest BCUT2D eigenvalue weighted by molar-refractivity contribution is 0.438. The number of unbranched alkanes of at least 4 members (excludes halogenated alkanes) is 2. The van der Waals surface area contributed by atoms with Gasteiger partial charge in [0.15, 0.2) is 0 Å². The van der Waals surface area contributed by atoms with Crippen molar-refractivity contribution in [2.24, 2.45) is 5.10 Å². The number of hydrazone groups is 1. The molecule has 0 rings (SSSR count). The summed E-state index contributed by atoms with van der Waals surface area (Å²) in [6.45, 7) is 2.18. The Balaban J connectivity index is 3.04. The van der Waals surface area contributed by atoms with E-state index in [0.29, 0.717) is 0 Å². The van der Waals surface area contributed by atoms with Crippen molar-refractivity contribution in [2.45, 2.75) is 26.2 Å². The van der Waals surface area contributed by atoms with Crippen molar-refractivity contribution in [2.75, 3.05) is 14.1 Å². The summed E-state index contributed by atoms with van der Waals surface area (Å²) in [5, 5.41) is 5.89. The molecule has 0 radical (unpaired) electrons. The van der Waals surface area contributed by atoms with Gasteiger partial charge >= 0.3 is 0 Å². The molecule has 54 valence electrons. The molecule has 0 aromatic carbocycles. The highest BCUT2D eigenvalue weighted by Crippen LogP contribution is 1.89. The molecule has 0 amide bonds. The van der Waals surface area contributed by atoms with Crippen LogP contribution in [0.1, 0.15) is 26.2 Å². The van der Waals surface area contributed by atoms with E-state index >= 15 is 0 Å². The molecule has 0 aromatic heterocycles. The Kier molecular flexibility index (Phi) is 5.27. The highest BCUT2D eigenvalue weighted by atomic mass is 15.4. The van der Waals surface area contributed by atoms with Gasteiger partial charge in [0.1, 0.15) is 0 Å². The van der Waals surface area contributed by atoms with Crippen molar-refractivity contribution in [3.8, 4) is 0 Å². The smallest absolute Gasteiger partial charge is 0.0244 e. The predicted octanol–water partition coefficient (Wildman–Crippen LogP) is 1.72. The Bertz CT molecular complexity index is 77.0. The van der Waals surface area contributed by atoms with Crippen molar-refractivity contribution < 1.29 is 0 Å². The Hall–Kier alpha value is -0.530. The fraction of sp³-hybridized carbons (Fsp3) is 0.857. The molecule has 2 heteroatoms. The predicted molar refractivity (Wildman–Crippen MR) is 41.7 cm³/mol. The molecule has 0 unspecified atom stereocenters. The average Bonchev–Trinajstić information content (AvgIpc) is 1.80. The van der Waals surface area contributed by atoms with Gasteiger partial charge in [0.05, 0.1) is 0 Å². The molecule has 0 heterocycles. The highest BCUT2D eigenvalue weighted by molar-refractivity contribution is 5.56. The summed E-state index contributed by atoms with van der Waals surface area (Å²) in [6.07, 6.45) is 5.56. The third-order valence-electron chi connectivity index (χ3n) is 0.999. The molecule has 9 heavy (non-hydrogen) atoms. The first-order chi connectivity index (χ1) is 4.27. The summed E-state index contributed by atoms with van der Waals surface area (Å²) in [7, 11) is 3.87. The zero-order valence-corrected chi connectivity index (χ0v) is 6.59. The SMILES string of the molecule is CCCCC=NN(C)C. The molecule has 0 aliphatic heterocycles. The van der Waals surface area contributed by atoms with Crippen molar-refractivity contribution in [1.29, 1.82) is 0 Å². The van der Waals surface area contributed by atoms with Crippen LogP contribution >= 0.6 is 0 Å². The van der Waals surface area contributed by atoms with Crippen LogP contribution in [0.4, 0.5) is 0 Å². The maximum Gasteiger partial charge on any atom is 0.0244 e. The van der Waals surface area contributed by atoms with E-state index in [4.69, 9.17) is 0 Å². The quantitative estimate of drug-likeness (QED) is 0.320. The number of hydrogen-bond acceptors (Lipinski definition) is 2. The van der Waals surface area contributed by atoms with E-state index in [-0.39, 0.29) is 0 Å². The largest absolute Gasteiger partial charge is 0.303 e. The Morgan fingerprint density at radius 1 is 1.44 bits per heavy atom. The zero-order chi connectivity index (χ0) is 7.11. The first-order valence-corrected chi connectivity index (χ1v) is 3.47. The molecule has 0 bridgehead atoms. The van der Waals surface area contributed by atoms with Gasteiger partial charge in [0, 0.05) is 20.3 Å². The molecule has 0 fully saturated rings. The minimum Gasteiger partial charge on any atom is -0.303 e. The van der Waals surface area contributed by atoms with Gasteiger partial charge < -0.3 is 5.01 Å². The van der Waals surface area contributed by atoms with Crippen LogP contribution in [0.15, 0.2) is 5.10 Å². The van der Waals surface area contributed by atoms with Crippen LogP contribution in [-0.2, 0) is 0 Å². The molecular weight excluding hydrogens is 112 g/mol. The van der Waals surface area contributed by atoms with Crippen LogP contribution in [0.3, 0.4) is 0 Å². The van der Waals surface area contributed by atoms with Gasteiger partial charge in [-0.3, -0.25) is 0 Å². The van der Waals surface area contributed by atoms with Gasteiger partial charge in [-0.25, -0.2) is 0 Å². The van der Waals surface area contributed by atoms with E-state index < -0.39 is 0 Å². The van der Waals surface area contributed by atoms with E-state index in [0.717, 1.165) is 6.42 Å². The molecule has 0 aliphatic carbocycles. The molecular formula is C7H16N2. The maximum absolute atomic E-state index is 4.07. The summed E-state index contributed by atoms with van der Waals surface area (Å²) in [5.74, 6) is 0. The van der Waals surface area contributed by atoms with Gasteiger partial charge in [-0.1, -0.05) is 13.3 Å². The van der Waals surface area contributed by atoms with E-state index in [1.54, 1.807) is 0 Å². The molecule has 0 N–H and O–H groups in total. The first kappa shape index (κ1) is 8.47. The molecule has 0 saturated carbocycles. The minimum atomic E-state index is 1.11. The Morgan fingerprint density at radius 3 is 2.56 bits per heavy atom. The molecule has 0 atom stereocenters. The lowest BCUT2D eigenvalue weighted by Crippen LogP contribution is -2.01. The lowest BCUT2D eigenvalue weighted by Gasteiger charge is -2.00. The van der Waals surface area contributed by atoms with Gasteiger partial charge in [-0.15, -0.1) is 0 Å². The number of hydrogen-bond donors (Lipinski definition) is 0. The summed E-state index contributed by atoms with van der Waals surface area (Å²) >= 11 is 0. The first-order valence-electron chi connectivity index (χ1n) is 3.47. The van der Waals surface area contributed by atoms with Gasteiger partial charge in [0.25, 0.3) is 0 Å². The van der Waals surface area contributed by atoms with E-state index in [2.05, 4.69) is 12.0 Å². The Morgan fingerprint density at radius 2 is 2.11 bits per heavy atom. The van der Waals surface area contributed by atoms with Crippen LogP contribution in [0.5, 0.6) is 0 Å². The summed E-state index contributed by atoms with van der Waals surface area (Å²) in [6, 6.07) is 0. The normalized spacial score (nSPS) is 10.6. The standard InChI is InChI=1S/C7H16N2/c1-4-5-6-7-8-9(2)3/h7H,4-6H2,1-3H3. The average molecular weight is 128 g/mol. The third-order valence-corrected chi connectivity index (χ3v) is 0.999.